The summed E-state index contributed by atoms with van der Waals surface area (Å²) in [6.07, 6.45) is 1.20. The molecular formula is C20H25ClN4O3S. The number of carbonyl (C=O) groups excluding carboxylic acids is 1. The van der Waals surface area contributed by atoms with E-state index < -0.39 is 9.84 Å². The van der Waals surface area contributed by atoms with Crippen LogP contribution in [0.3, 0.4) is 0 Å². The molecule has 0 fully saturated rings. The molecule has 0 aromatic heterocycles. The highest BCUT2D eigenvalue weighted by Gasteiger charge is 2.11. The second-order valence-corrected chi connectivity index (χ2v) is 8.85. The minimum absolute atomic E-state index is 0.234. The molecule has 2 rings (SSSR count). The Hall–Kier alpha value is -2.58. The van der Waals surface area contributed by atoms with Crippen LogP contribution in [0.2, 0.25) is 5.02 Å². The van der Waals surface area contributed by atoms with Crippen LogP contribution in [-0.4, -0.2) is 46.7 Å². The van der Waals surface area contributed by atoms with E-state index in [1.807, 2.05) is 6.07 Å². The van der Waals surface area contributed by atoms with Crippen LogP contribution in [0.1, 0.15) is 21.5 Å². The number of aliphatic imine (C=N–C) groups is 1. The maximum Gasteiger partial charge on any atom is 0.252 e. The number of aryl methyl sites for hydroxylation is 1. The van der Waals surface area contributed by atoms with Gasteiger partial charge in [0.25, 0.3) is 5.91 Å². The van der Waals surface area contributed by atoms with Crippen LogP contribution in [0.25, 0.3) is 0 Å². The van der Waals surface area contributed by atoms with Crippen molar-refractivity contribution in [1.29, 1.82) is 0 Å². The number of rotatable bonds is 7. The topological polar surface area (TPSA) is 99.7 Å². The lowest BCUT2D eigenvalue weighted by molar-refractivity contribution is 0.0954. The van der Waals surface area contributed by atoms with Gasteiger partial charge in [-0.05, 0) is 36.2 Å². The number of benzene rings is 2. The number of hydrogen-bond donors (Lipinski definition) is 3. The van der Waals surface area contributed by atoms with Crippen LogP contribution in [0, 0.1) is 6.92 Å². The zero-order valence-corrected chi connectivity index (χ0v) is 18.2. The third kappa shape index (κ3) is 6.76. The number of hydrogen-bond acceptors (Lipinski definition) is 4. The molecule has 7 nitrogen and oxygen atoms in total. The lowest BCUT2D eigenvalue weighted by Crippen LogP contribution is -2.41. The molecule has 0 heterocycles. The molecule has 0 unspecified atom stereocenters. The van der Waals surface area contributed by atoms with Crippen LogP contribution in [-0.2, 0) is 16.4 Å². The molecule has 0 saturated carbocycles. The monoisotopic (exact) mass is 436 g/mol. The van der Waals surface area contributed by atoms with E-state index in [2.05, 4.69) is 20.9 Å². The summed E-state index contributed by atoms with van der Waals surface area (Å²) < 4.78 is 23.4. The number of carbonyl (C=O) groups is 1. The van der Waals surface area contributed by atoms with E-state index in [1.165, 1.54) is 6.26 Å². The quantitative estimate of drug-likeness (QED) is 0.351. The van der Waals surface area contributed by atoms with Gasteiger partial charge in [0.05, 0.1) is 15.5 Å². The SMILES string of the molecule is CN=C(NCCNC(=O)c1ccccc1Cl)NCc1ccc(S(C)(=O)=O)c(C)c1. The molecule has 0 saturated heterocycles. The van der Waals surface area contributed by atoms with E-state index in [9.17, 15) is 13.2 Å². The van der Waals surface area contributed by atoms with E-state index in [0.29, 0.717) is 46.6 Å². The second kappa shape index (κ2) is 10.3. The molecule has 0 bridgehead atoms. The Morgan fingerprint density at radius 1 is 1.07 bits per heavy atom. The van der Waals surface area contributed by atoms with E-state index in [1.54, 1.807) is 50.4 Å². The molecule has 3 N–H and O–H groups in total. The number of guanidine groups is 1. The fourth-order valence-electron chi connectivity index (χ4n) is 2.74. The average Bonchev–Trinajstić information content (AvgIpc) is 2.66. The van der Waals surface area contributed by atoms with Gasteiger partial charge in [-0.15, -0.1) is 0 Å². The van der Waals surface area contributed by atoms with Gasteiger partial charge < -0.3 is 16.0 Å². The lowest BCUT2D eigenvalue weighted by Gasteiger charge is -2.13. The first-order chi connectivity index (χ1) is 13.7. The third-order valence-electron chi connectivity index (χ3n) is 4.14. The Bertz CT molecular complexity index is 1010. The summed E-state index contributed by atoms with van der Waals surface area (Å²) in [5, 5.41) is 9.47. The molecule has 0 aliphatic carbocycles. The van der Waals surface area contributed by atoms with Gasteiger partial charge in [0.2, 0.25) is 0 Å². The van der Waals surface area contributed by atoms with Gasteiger partial charge in [0.1, 0.15) is 0 Å². The number of nitrogens with zero attached hydrogens (tertiary/aromatic N) is 1. The van der Waals surface area contributed by atoms with Gasteiger partial charge in [-0.1, -0.05) is 35.9 Å². The molecule has 0 atom stereocenters. The smallest absolute Gasteiger partial charge is 0.252 e. The van der Waals surface area contributed by atoms with Gasteiger partial charge in [-0.2, -0.15) is 0 Å². The normalized spacial score (nSPS) is 11.8. The van der Waals surface area contributed by atoms with Gasteiger partial charge >= 0.3 is 0 Å². The highest BCUT2D eigenvalue weighted by Crippen LogP contribution is 2.16. The molecule has 1 amide bonds. The van der Waals surface area contributed by atoms with Crippen LogP contribution < -0.4 is 16.0 Å². The average molecular weight is 437 g/mol. The fraction of sp³-hybridized carbons (Fsp3) is 0.300. The molecule has 0 aliphatic rings. The molecular weight excluding hydrogens is 412 g/mol. The van der Waals surface area contributed by atoms with Crippen molar-refractivity contribution in [3.8, 4) is 0 Å². The van der Waals surface area contributed by atoms with Crippen molar-refractivity contribution in [3.63, 3.8) is 0 Å². The van der Waals surface area contributed by atoms with Crippen molar-refractivity contribution in [3.05, 3.63) is 64.2 Å². The van der Waals surface area contributed by atoms with Gasteiger partial charge in [0.15, 0.2) is 15.8 Å². The van der Waals surface area contributed by atoms with Crippen LogP contribution >= 0.6 is 11.6 Å². The van der Waals surface area contributed by atoms with Crippen molar-refractivity contribution in [2.24, 2.45) is 4.99 Å². The Kier molecular flexibility index (Phi) is 8.04. The molecule has 0 aliphatic heterocycles. The van der Waals surface area contributed by atoms with Crippen LogP contribution in [0.15, 0.2) is 52.4 Å². The van der Waals surface area contributed by atoms with Gasteiger partial charge in [-0.25, -0.2) is 8.42 Å². The molecule has 2 aromatic rings. The molecule has 156 valence electrons. The summed E-state index contributed by atoms with van der Waals surface area (Å²) in [6.45, 7) is 3.12. The first-order valence-electron chi connectivity index (χ1n) is 8.99. The molecule has 0 radical (unpaired) electrons. The predicted octanol–water partition coefficient (Wildman–Crippen LogP) is 2.15. The molecule has 29 heavy (non-hydrogen) atoms. The number of nitrogens with one attached hydrogen (secondary N) is 3. The molecule has 2 aromatic carbocycles. The summed E-state index contributed by atoms with van der Waals surface area (Å²) in [6, 6.07) is 12.1. The van der Waals surface area contributed by atoms with Crippen molar-refractivity contribution < 1.29 is 13.2 Å². The maximum atomic E-state index is 12.1. The minimum Gasteiger partial charge on any atom is -0.355 e. The Morgan fingerprint density at radius 2 is 1.76 bits per heavy atom. The van der Waals surface area contributed by atoms with E-state index in [-0.39, 0.29) is 5.91 Å². The van der Waals surface area contributed by atoms with Crippen molar-refractivity contribution in [1.82, 2.24) is 16.0 Å². The van der Waals surface area contributed by atoms with Gasteiger partial charge in [-0.3, -0.25) is 9.79 Å². The standard InChI is InChI=1S/C20H25ClN4O3S/c1-14-12-15(8-9-18(14)29(3,27)28)13-25-20(22-2)24-11-10-23-19(26)16-6-4-5-7-17(16)21/h4-9,12H,10-11,13H2,1-3H3,(H,23,26)(H2,22,24,25). The first kappa shape index (κ1) is 22.7. The summed E-state index contributed by atoms with van der Waals surface area (Å²) in [7, 11) is -1.58. The van der Waals surface area contributed by atoms with Crippen molar-refractivity contribution >= 4 is 33.3 Å². The molecule has 9 heteroatoms. The summed E-state index contributed by atoms with van der Waals surface area (Å²) in [4.78, 5) is 16.6. The maximum absolute atomic E-state index is 12.1. The summed E-state index contributed by atoms with van der Waals surface area (Å²) in [5.41, 5.74) is 2.08. The molecule has 0 spiro atoms. The summed E-state index contributed by atoms with van der Waals surface area (Å²) >= 11 is 6.01. The second-order valence-electron chi connectivity index (χ2n) is 6.46. The van der Waals surface area contributed by atoms with E-state index in [0.717, 1.165) is 5.56 Å². The summed E-state index contributed by atoms with van der Waals surface area (Å²) in [5.74, 6) is 0.337. The predicted molar refractivity (Wildman–Crippen MR) is 116 cm³/mol. The number of sulfone groups is 1. The van der Waals surface area contributed by atoms with Crippen LogP contribution in [0.5, 0.6) is 0 Å². The zero-order valence-electron chi connectivity index (χ0n) is 16.6. The Labute approximate surface area is 176 Å². The highest BCUT2D eigenvalue weighted by molar-refractivity contribution is 7.90. The fourth-order valence-corrected chi connectivity index (χ4v) is 3.92. The first-order valence-corrected chi connectivity index (χ1v) is 11.3. The van der Waals surface area contributed by atoms with Gasteiger partial charge in [0, 0.05) is 32.9 Å². The minimum atomic E-state index is -3.23. The van der Waals surface area contributed by atoms with E-state index >= 15 is 0 Å². The van der Waals surface area contributed by atoms with Crippen molar-refractivity contribution in [2.75, 3.05) is 26.4 Å². The Balaban J connectivity index is 1.80. The number of amides is 1. The number of halogens is 1. The largest absolute Gasteiger partial charge is 0.355 e. The third-order valence-corrected chi connectivity index (χ3v) is 5.73. The van der Waals surface area contributed by atoms with E-state index in [4.69, 9.17) is 11.6 Å². The Morgan fingerprint density at radius 3 is 2.38 bits per heavy atom. The van der Waals surface area contributed by atoms with Crippen molar-refractivity contribution in [2.45, 2.75) is 18.4 Å². The highest BCUT2D eigenvalue weighted by atomic mass is 35.5. The lowest BCUT2D eigenvalue weighted by atomic mass is 10.1. The van der Waals surface area contributed by atoms with Crippen LogP contribution in [0.4, 0.5) is 0 Å². The zero-order chi connectivity index (χ0) is 21.4.